The van der Waals surface area contributed by atoms with E-state index in [1.807, 2.05) is 0 Å². The Morgan fingerprint density at radius 2 is 1.90 bits per heavy atom. The fourth-order valence-corrected chi connectivity index (χ4v) is 3.60. The molecule has 2 bridgehead atoms. The van der Waals surface area contributed by atoms with Gasteiger partial charge >= 0.3 is 6.18 Å². The Morgan fingerprint density at radius 1 is 1.29 bits per heavy atom. The van der Waals surface area contributed by atoms with Gasteiger partial charge in [-0.05, 0) is 44.9 Å². The molecule has 2 fully saturated rings. The molecule has 21 heavy (non-hydrogen) atoms. The molecule has 1 aromatic heterocycles. The third-order valence-corrected chi connectivity index (χ3v) is 4.80. The number of hydrogen-bond donors (Lipinski definition) is 0. The van der Waals surface area contributed by atoms with Crippen LogP contribution in [0.25, 0.3) is 0 Å². The zero-order valence-electron chi connectivity index (χ0n) is 11.7. The largest absolute Gasteiger partial charge is 0.433 e. The summed E-state index contributed by atoms with van der Waals surface area (Å²) < 4.78 is 38.0. The number of carbonyl (C=O) groups is 1. The molecule has 3 rings (SSSR count). The van der Waals surface area contributed by atoms with Crippen LogP contribution in [0.3, 0.4) is 0 Å². The maximum absolute atomic E-state index is 12.7. The van der Waals surface area contributed by atoms with Crippen LogP contribution in [0.1, 0.15) is 41.7 Å². The molecule has 0 N–H and O–H groups in total. The number of carbonyl (C=O) groups excluding carboxylic acids is 1. The van der Waals surface area contributed by atoms with E-state index < -0.39 is 11.9 Å². The van der Waals surface area contributed by atoms with Gasteiger partial charge < -0.3 is 4.90 Å². The van der Waals surface area contributed by atoms with Gasteiger partial charge in [-0.3, -0.25) is 9.78 Å². The Labute approximate surface area is 121 Å². The van der Waals surface area contributed by atoms with Gasteiger partial charge in [0, 0.05) is 29.8 Å². The average Bonchev–Trinajstić information content (AvgIpc) is 2.66. The molecule has 2 atom stereocenters. The number of halogens is 3. The summed E-state index contributed by atoms with van der Waals surface area (Å²) in [4.78, 5) is 18.1. The number of fused-ring (bicyclic) bond motifs is 2. The average molecular weight is 298 g/mol. The Balaban J connectivity index is 1.80. The quantitative estimate of drug-likeness (QED) is 0.786. The molecule has 0 aliphatic carbocycles. The molecule has 0 spiro atoms. The molecule has 3 heterocycles. The highest BCUT2D eigenvalue weighted by Gasteiger charge is 2.41. The zero-order valence-corrected chi connectivity index (χ0v) is 11.7. The maximum Gasteiger partial charge on any atom is 0.433 e. The van der Waals surface area contributed by atoms with E-state index in [-0.39, 0.29) is 17.3 Å². The molecule has 0 saturated carbocycles. The minimum absolute atomic E-state index is 0.131. The molecule has 2 aliphatic rings. The summed E-state index contributed by atoms with van der Waals surface area (Å²) >= 11 is 0. The van der Waals surface area contributed by atoms with Crippen LogP contribution in [-0.4, -0.2) is 34.8 Å². The lowest BCUT2D eigenvalue weighted by atomic mass is 9.85. The fraction of sp³-hybridized carbons (Fsp3) is 0.600. The van der Waals surface area contributed by atoms with E-state index in [2.05, 4.69) is 16.9 Å². The first kappa shape index (κ1) is 14.5. The monoisotopic (exact) mass is 298 g/mol. The minimum Gasteiger partial charge on any atom is -0.300 e. The molecule has 2 unspecified atom stereocenters. The first-order chi connectivity index (χ1) is 9.86. The molecule has 0 amide bonds. The summed E-state index contributed by atoms with van der Waals surface area (Å²) in [5, 5.41) is 0. The van der Waals surface area contributed by atoms with E-state index in [1.54, 1.807) is 0 Å². The van der Waals surface area contributed by atoms with Gasteiger partial charge in [0.1, 0.15) is 5.69 Å². The van der Waals surface area contributed by atoms with Crippen LogP contribution in [0.2, 0.25) is 0 Å². The van der Waals surface area contributed by atoms with E-state index in [9.17, 15) is 18.0 Å². The molecule has 0 aromatic carbocycles. The fourth-order valence-electron chi connectivity index (χ4n) is 3.60. The van der Waals surface area contributed by atoms with Crippen molar-refractivity contribution in [3.8, 4) is 0 Å². The van der Waals surface area contributed by atoms with Crippen LogP contribution in [0.4, 0.5) is 13.2 Å². The summed E-state index contributed by atoms with van der Waals surface area (Å²) in [5.74, 6) is -0.338. The van der Waals surface area contributed by atoms with Crippen LogP contribution in [0, 0.1) is 5.92 Å². The van der Waals surface area contributed by atoms with Crippen molar-refractivity contribution >= 4 is 5.78 Å². The number of piperidine rings is 1. The number of nitrogens with zero attached hydrogens (tertiary/aromatic N) is 2. The van der Waals surface area contributed by atoms with Crippen LogP contribution in [0.15, 0.2) is 18.3 Å². The lowest BCUT2D eigenvalue weighted by molar-refractivity contribution is -0.141. The summed E-state index contributed by atoms with van der Waals surface area (Å²) in [6.45, 7) is 0. The zero-order chi connectivity index (χ0) is 15.2. The van der Waals surface area contributed by atoms with Crippen molar-refractivity contribution in [1.82, 2.24) is 9.88 Å². The van der Waals surface area contributed by atoms with Crippen LogP contribution < -0.4 is 0 Å². The first-order valence-electron chi connectivity index (χ1n) is 7.15. The van der Waals surface area contributed by atoms with Crippen molar-refractivity contribution in [3.05, 3.63) is 29.6 Å². The van der Waals surface area contributed by atoms with Gasteiger partial charge in [-0.25, -0.2) is 0 Å². The molecule has 114 valence electrons. The van der Waals surface area contributed by atoms with Gasteiger partial charge in [0.2, 0.25) is 0 Å². The van der Waals surface area contributed by atoms with Gasteiger partial charge in [-0.2, -0.15) is 13.2 Å². The van der Waals surface area contributed by atoms with Crippen molar-refractivity contribution in [2.24, 2.45) is 5.92 Å². The molecule has 2 aliphatic heterocycles. The molecule has 6 heteroatoms. The van der Waals surface area contributed by atoms with Crippen LogP contribution in [0.5, 0.6) is 0 Å². The van der Waals surface area contributed by atoms with E-state index in [0.29, 0.717) is 12.1 Å². The highest BCUT2D eigenvalue weighted by Crippen LogP contribution is 2.39. The predicted molar refractivity (Wildman–Crippen MR) is 70.9 cm³/mol. The van der Waals surface area contributed by atoms with Crippen LogP contribution >= 0.6 is 0 Å². The SMILES string of the molecule is CN1C2CCC1CC(C(=O)c1ccnc(C(F)(F)F)c1)C2. The molecular formula is C15H17F3N2O. The Kier molecular flexibility index (Phi) is 3.51. The predicted octanol–water partition coefficient (Wildman–Crippen LogP) is 3.16. The van der Waals surface area contributed by atoms with Crippen molar-refractivity contribution in [2.45, 2.75) is 43.9 Å². The number of ketones is 1. The van der Waals surface area contributed by atoms with Crippen molar-refractivity contribution in [2.75, 3.05) is 7.05 Å². The van der Waals surface area contributed by atoms with Crippen molar-refractivity contribution < 1.29 is 18.0 Å². The number of aromatic nitrogens is 1. The summed E-state index contributed by atoms with van der Waals surface area (Å²) in [6, 6.07) is 3.05. The summed E-state index contributed by atoms with van der Waals surface area (Å²) in [6.07, 6.45) is 0.205. The normalized spacial score (nSPS) is 29.6. The van der Waals surface area contributed by atoms with Crippen LogP contribution in [-0.2, 0) is 6.18 Å². The standard InChI is InChI=1S/C15H17F3N2O/c1-20-11-2-3-12(20)7-10(6-11)14(21)9-4-5-19-13(8-9)15(16,17)18/h4-5,8,10-12H,2-3,6-7H2,1H3. The number of Topliss-reactive ketones (excluding diaryl/α,β-unsaturated/α-hetero) is 1. The summed E-state index contributed by atoms with van der Waals surface area (Å²) in [7, 11) is 2.07. The lowest BCUT2D eigenvalue weighted by Crippen LogP contribution is -2.42. The first-order valence-corrected chi connectivity index (χ1v) is 7.15. The Hall–Kier alpha value is -1.43. The van der Waals surface area contributed by atoms with E-state index in [0.717, 1.165) is 37.9 Å². The van der Waals surface area contributed by atoms with E-state index in [1.165, 1.54) is 6.07 Å². The molecule has 1 aromatic rings. The van der Waals surface area contributed by atoms with Gasteiger partial charge in [0.25, 0.3) is 0 Å². The highest BCUT2D eigenvalue weighted by molar-refractivity contribution is 5.98. The Bertz CT molecular complexity index is 544. The highest BCUT2D eigenvalue weighted by atomic mass is 19.4. The van der Waals surface area contributed by atoms with E-state index >= 15 is 0 Å². The second-order valence-electron chi connectivity index (χ2n) is 6.01. The lowest BCUT2D eigenvalue weighted by Gasteiger charge is -2.35. The maximum atomic E-state index is 12.7. The van der Waals surface area contributed by atoms with Crippen molar-refractivity contribution in [1.29, 1.82) is 0 Å². The smallest absolute Gasteiger partial charge is 0.300 e. The third kappa shape index (κ3) is 2.69. The topological polar surface area (TPSA) is 33.2 Å². The second-order valence-corrected chi connectivity index (χ2v) is 6.01. The Morgan fingerprint density at radius 3 is 2.48 bits per heavy atom. The van der Waals surface area contributed by atoms with Gasteiger partial charge in [0.15, 0.2) is 5.78 Å². The summed E-state index contributed by atoms with van der Waals surface area (Å²) in [5.41, 5.74) is -0.865. The van der Waals surface area contributed by atoms with Gasteiger partial charge in [-0.15, -0.1) is 0 Å². The number of hydrogen-bond acceptors (Lipinski definition) is 3. The number of pyridine rings is 1. The molecule has 0 radical (unpaired) electrons. The van der Waals surface area contributed by atoms with Gasteiger partial charge in [-0.1, -0.05) is 0 Å². The van der Waals surface area contributed by atoms with Gasteiger partial charge in [0.05, 0.1) is 0 Å². The molecule has 3 nitrogen and oxygen atoms in total. The second kappa shape index (κ2) is 5.09. The third-order valence-electron chi connectivity index (χ3n) is 4.80. The number of rotatable bonds is 2. The van der Waals surface area contributed by atoms with Crippen molar-refractivity contribution in [3.63, 3.8) is 0 Å². The minimum atomic E-state index is -4.51. The molecule has 2 saturated heterocycles. The van der Waals surface area contributed by atoms with E-state index in [4.69, 9.17) is 0 Å². The molecular weight excluding hydrogens is 281 g/mol. The number of alkyl halides is 3.